The highest BCUT2D eigenvalue weighted by Gasteiger charge is 2.21. The van der Waals surface area contributed by atoms with E-state index >= 15 is 0 Å². The molecule has 0 spiro atoms. The summed E-state index contributed by atoms with van der Waals surface area (Å²) in [5, 5.41) is 3.91. The number of anilines is 2. The third kappa shape index (κ3) is 4.28. The number of ether oxygens (including phenoxy) is 2. The highest BCUT2D eigenvalue weighted by Crippen LogP contribution is 2.35. The molecule has 3 aromatic rings. The van der Waals surface area contributed by atoms with E-state index in [4.69, 9.17) is 26.8 Å². The second kappa shape index (κ2) is 8.26. The number of carbonyl (C=O) groups excluding carboxylic acids is 2. The zero-order chi connectivity index (χ0) is 21.3. The number of benzene rings is 1. The van der Waals surface area contributed by atoms with Crippen LogP contribution in [0.25, 0.3) is 10.2 Å². The number of nitrogens with zero attached hydrogens (tertiary/aromatic N) is 1. The molecule has 7 nitrogen and oxygen atoms in total. The van der Waals surface area contributed by atoms with Crippen molar-refractivity contribution in [1.29, 1.82) is 0 Å². The minimum absolute atomic E-state index is 0.230. The van der Waals surface area contributed by atoms with E-state index in [1.165, 1.54) is 7.11 Å². The van der Waals surface area contributed by atoms with Crippen LogP contribution in [0.2, 0.25) is 5.02 Å². The molecule has 0 saturated heterocycles. The summed E-state index contributed by atoms with van der Waals surface area (Å²) in [6, 6.07) is 5.19. The van der Waals surface area contributed by atoms with E-state index in [0.717, 1.165) is 33.5 Å². The molecule has 0 aliphatic carbocycles. The molecule has 0 bridgehead atoms. The minimum Gasteiger partial charge on any atom is -0.495 e. The first-order valence-electron chi connectivity index (χ1n) is 8.68. The Labute approximate surface area is 176 Å². The van der Waals surface area contributed by atoms with E-state index in [2.05, 4.69) is 10.3 Å². The Morgan fingerprint density at radius 3 is 2.62 bits per heavy atom. The number of hydrogen-bond donors (Lipinski definition) is 2. The molecule has 29 heavy (non-hydrogen) atoms. The first-order chi connectivity index (χ1) is 13.7. The lowest BCUT2D eigenvalue weighted by atomic mass is 10.1. The number of halogens is 1. The summed E-state index contributed by atoms with van der Waals surface area (Å²) in [5.41, 5.74) is 9.43. The minimum atomic E-state index is -0.669. The number of esters is 1. The molecule has 9 heteroatoms. The van der Waals surface area contributed by atoms with Crippen molar-refractivity contribution in [3.63, 3.8) is 0 Å². The number of thiophene rings is 1. The van der Waals surface area contributed by atoms with Crippen LogP contribution in [0.1, 0.15) is 26.5 Å². The lowest BCUT2D eigenvalue weighted by molar-refractivity contribution is -0.119. The Hall–Kier alpha value is -2.84. The van der Waals surface area contributed by atoms with Crippen LogP contribution < -0.4 is 15.8 Å². The van der Waals surface area contributed by atoms with Gasteiger partial charge < -0.3 is 20.5 Å². The number of rotatable bonds is 5. The number of nitrogen functional groups attached to an aromatic ring is 1. The summed E-state index contributed by atoms with van der Waals surface area (Å²) in [6.07, 6.45) is 0. The largest absolute Gasteiger partial charge is 0.495 e. The van der Waals surface area contributed by atoms with Crippen LogP contribution in [0.5, 0.6) is 5.75 Å². The Kier molecular flexibility index (Phi) is 5.95. The fourth-order valence-electron chi connectivity index (χ4n) is 2.93. The van der Waals surface area contributed by atoms with Gasteiger partial charge in [0.15, 0.2) is 6.61 Å². The monoisotopic (exact) mass is 433 g/mol. The van der Waals surface area contributed by atoms with E-state index in [0.29, 0.717) is 27.0 Å². The van der Waals surface area contributed by atoms with Gasteiger partial charge in [0.1, 0.15) is 15.5 Å². The van der Waals surface area contributed by atoms with E-state index in [-0.39, 0.29) is 4.88 Å². The number of nitrogens with one attached hydrogen (secondary N) is 1. The summed E-state index contributed by atoms with van der Waals surface area (Å²) in [7, 11) is 1.47. The van der Waals surface area contributed by atoms with Gasteiger partial charge in [0, 0.05) is 22.2 Å². The predicted octanol–water partition coefficient (Wildman–Crippen LogP) is 4.26. The van der Waals surface area contributed by atoms with E-state index < -0.39 is 18.5 Å². The molecule has 0 fully saturated rings. The average Bonchev–Trinajstić information content (AvgIpc) is 2.99. The molecule has 2 aromatic heterocycles. The van der Waals surface area contributed by atoms with Gasteiger partial charge in [-0.1, -0.05) is 11.6 Å². The second-order valence-electron chi connectivity index (χ2n) is 6.53. The first kappa shape index (κ1) is 20.9. The Morgan fingerprint density at radius 1 is 1.21 bits per heavy atom. The second-order valence-corrected chi connectivity index (χ2v) is 7.94. The van der Waals surface area contributed by atoms with Crippen LogP contribution in [0.15, 0.2) is 18.2 Å². The van der Waals surface area contributed by atoms with Crippen molar-refractivity contribution < 1.29 is 19.1 Å². The predicted molar refractivity (Wildman–Crippen MR) is 115 cm³/mol. The zero-order valence-electron chi connectivity index (χ0n) is 16.4. The fraction of sp³-hybridized carbons (Fsp3) is 0.250. The number of aryl methyl sites for hydroxylation is 3. The molecule has 0 radical (unpaired) electrons. The molecule has 3 N–H and O–H groups in total. The molecule has 3 rings (SSSR count). The maximum Gasteiger partial charge on any atom is 0.351 e. The van der Waals surface area contributed by atoms with Crippen LogP contribution >= 0.6 is 22.9 Å². The number of fused-ring (bicyclic) bond motifs is 1. The topological polar surface area (TPSA) is 104 Å². The summed E-state index contributed by atoms with van der Waals surface area (Å²) < 4.78 is 10.4. The maximum absolute atomic E-state index is 12.5. The standard InChI is InChI=1S/C20H20ClN3O4S/c1-9-6-13(14(27-4)7-12(9)21)24-15(25)8-28-20(26)18-17(22)16-10(2)5-11(3)23-19(16)29-18/h5-7H,8,22H2,1-4H3,(H,24,25). The molecule has 0 atom stereocenters. The van der Waals surface area contributed by atoms with Gasteiger partial charge in [-0.2, -0.15) is 0 Å². The summed E-state index contributed by atoms with van der Waals surface area (Å²) in [6.45, 7) is 5.11. The van der Waals surface area contributed by atoms with Crippen LogP contribution in [-0.2, 0) is 9.53 Å². The normalized spacial score (nSPS) is 10.8. The highest BCUT2D eigenvalue weighted by atomic mass is 35.5. The number of nitrogens with two attached hydrogens (primary N) is 1. The summed E-state index contributed by atoms with van der Waals surface area (Å²) in [4.78, 5) is 30.0. The summed E-state index contributed by atoms with van der Waals surface area (Å²) >= 11 is 7.21. The van der Waals surface area contributed by atoms with Gasteiger partial charge in [0.05, 0.1) is 18.5 Å². The van der Waals surface area contributed by atoms with Crippen LogP contribution in [0.3, 0.4) is 0 Å². The number of amides is 1. The number of pyridine rings is 1. The lowest BCUT2D eigenvalue weighted by Gasteiger charge is -2.12. The number of methoxy groups -OCH3 is 1. The highest BCUT2D eigenvalue weighted by molar-refractivity contribution is 7.21. The average molecular weight is 434 g/mol. The van der Waals surface area contributed by atoms with Crippen molar-refractivity contribution in [2.24, 2.45) is 0 Å². The van der Waals surface area contributed by atoms with Gasteiger partial charge in [0.25, 0.3) is 5.91 Å². The van der Waals surface area contributed by atoms with Crippen LogP contribution in [0, 0.1) is 20.8 Å². The number of hydrogen-bond acceptors (Lipinski definition) is 7. The zero-order valence-corrected chi connectivity index (χ0v) is 18.0. The van der Waals surface area contributed by atoms with Gasteiger partial charge in [-0.15, -0.1) is 11.3 Å². The Morgan fingerprint density at radius 2 is 1.93 bits per heavy atom. The molecule has 0 saturated carbocycles. The van der Waals surface area contributed by atoms with E-state index in [1.807, 2.05) is 19.9 Å². The SMILES string of the molecule is COc1cc(Cl)c(C)cc1NC(=O)COC(=O)c1sc2nc(C)cc(C)c2c1N. The molecular weight excluding hydrogens is 414 g/mol. The van der Waals surface area contributed by atoms with Crippen molar-refractivity contribution in [3.8, 4) is 5.75 Å². The number of aromatic nitrogens is 1. The smallest absolute Gasteiger partial charge is 0.351 e. The Bertz CT molecular complexity index is 1130. The summed E-state index contributed by atoms with van der Waals surface area (Å²) in [5.74, 6) is -0.772. The van der Waals surface area contributed by atoms with Gasteiger partial charge in [0.2, 0.25) is 0 Å². The van der Waals surface area contributed by atoms with Gasteiger partial charge in [-0.25, -0.2) is 9.78 Å². The molecule has 0 aliphatic heterocycles. The van der Waals surface area contributed by atoms with Crippen molar-refractivity contribution in [2.45, 2.75) is 20.8 Å². The van der Waals surface area contributed by atoms with Crippen molar-refractivity contribution >= 4 is 56.4 Å². The quantitative estimate of drug-likeness (QED) is 0.582. The van der Waals surface area contributed by atoms with Crippen LogP contribution in [-0.4, -0.2) is 30.6 Å². The third-order valence-corrected chi connectivity index (χ3v) is 5.79. The van der Waals surface area contributed by atoms with Crippen LogP contribution in [0.4, 0.5) is 11.4 Å². The fourth-order valence-corrected chi connectivity index (χ4v) is 4.20. The first-order valence-corrected chi connectivity index (χ1v) is 9.88. The number of carbonyl (C=O) groups is 2. The molecule has 2 heterocycles. The molecule has 0 aliphatic rings. The van der Waals surface area contributed by atoms with Gasteiger partial charge in [-0.3, -0.25) is 4.79 Å². The van der Waals surface area contributed by atoms with Crippen molar-refractivity contribution in [2.75, 3.05) is 24.8 Å². The third-order valence-electron chi connectivity index (χ3n) is 4.30. The molecular formula is C20H20ClN3O4S. The molecule has 1 aromatic carbocycles. The molecule has 0 unspecified atom stereocenters. The maximum atomic E-state index is 12.5. The van der Waals surface area contributed by atoms with Gasteiger partial charge >= 0.3 is 5.97 Å². The molecule has 1 amide bonds. The van der Waals surface area contributed by atoms with Crippen molar-refractivity contribution in [1.82, 2.24) is 4.98 Å². The van der Waals surface area contributed by atoms with E-state index in [1.54, 1.807) is 19.1 Å². The van der Waals surface area contributed by atoms with E-state index in [9.17, 15) is 9.59 Å². The Balaban J connectivity index is 1.72. The van der Waals surface area contributed by atoms with Gasteiger partial charge in [-0.05, 0) is 44.0 Å². The van der Waals surface area contributed by atoms with Crippen molar-refractivity contribution in [3.05, 3.63) is 44.9 Å². The lowest BCUT2D eigenvalue weighted by Crippen LogP contribution is -2.21. The molecule has 152 valence electrons.